The number of quaternary nitrogens is 1. The van der Waals surface area contributed by atoms with E-state index in [4.69, 9.17) is 4.74 Å². The van der Waals surface area contributed by atoms with Gasteiger partial charge in [0, 0.05) is 18.2 Å². The summed E-state index contributed by atoms with van der Waals surface area (Å²) in [7, 11) is 1.32. The first-order valence-electron chi connectivity index (χ1n) is 8.47. The molecule has 0 saturated carbocycles. The molecule has 0 unspecified atom stereocenters. The summed E-state index contributed by atoms with van der Waals surface area (Å²) in [6.07, 6.45) is 0. The molecule has 3 N–H and O–H groups in total. The van der Waals surface area contributed by atoms with Gasteiger partial charge in [-0.1, -0.05) is 6.07 Å². The van der Waals surface area contributed by atoms with Crippen LogP contribution in [-0.2, 0) is 11.3 Å². The maximum Gasteiger partial charge on any atom is 0.387 e. The highest BCUT2D eigenvalue weighted by Crippen LogP contribution is 2.29. The molecule has 0 bridgehead atoms. The zero-order valence-electron chi connectivity index (χ0n) is 15.3. The molecule has 28 heavy (non-hydrogen) atoms. The molecule has 0 radical (unpaired) electrons. The number of carbonyl (C=O) groups is 1. The van der Waals surface area contributed by atoms with Crippen LogP contribution in [0.4, 0.5) is 17.6 Å². The molecule has 0 aliphatic carbocycles. The molecule has 2 rings (SSSR count). The quantitative estimate of drug-likeness (QED) is 0.635. The third-order valence-electron chi connectivity index (χ3n) is 4.04. The lowest BCUT2D eigenvalue weighted by molar-refractivity contribution is -0.682. The van der Waals surface area contributed by atoms with Gasteiger partial charge in [-0.15, -0.1) is 0 Å². The number of alkyl halides is 2. The van der Waals surface area contributed by atoms with E-state index in [1.165, 1.54) is 31.4 Å². The number of methoxy groups -OCH3 is 1. The first-order chi connectivity index (χ1) is 13.3. The Morgan fingerprint density at radius 3 is 2.54 bits per heavy atom. The van der Waals surface area contributed by atoms with E-state index >= 15 is 0 Å². The van der Waals surface area contributed by atoms with E-state index in [2.05, 4.69) is 10.1 Å². The van der Waals surface area contributed by atoms with E-state index in [-0.39, 0.29) is 36.5 Å². The van der Waals surface area contributed by atoms with E-state index < -0.39 is 18.2 Å². The minimum absolute atomic E-state index is 0.0295. The van der Waals surface area contributed by atoms with Crippen LogP contribution in [0.15, 0.2) is 36.4 Å². The fourth-order valence-corrected chi connectivity index (χ4v) is 2.57. The summed E-state index contributed by atoms with van der Waals surface area (Å²) in [6, 6.07) is 7.28. The minimum atomic E-state index is -2.97. The van der Waals surface area contributed by atoms with Gasteiger partial charge in [-0.3, -0.25) is 4.79 Å². The Morgan fingerprint density at radius 2 is 1.89 bits per heavy atom. The third-order valence-corrected chi connectivity index (χ3v) is 4.04. The highest BCUT2D eigenvalue weighted by Gasteiger charge is 2.16. The summed E-state index contributed by atoms with van der Waals surface area (Å²) < 4.78 is 60.7. The zero-order chi connectivity index (χ0) is 20.7. The molecule has 2 aromatic carbocycles. The molecule has 0 spiro atoms. The Kier molecular flexibility index (Phi) is 7.62. The van der Waals surface area contributed by atoms with Crippen molar-refractivity contribution in [2.24, 2.45) is 0 Å². The molecule has 0 aliphatic rings. The fraction of sp³-hybridized carbons (Fsp3) is 0.316. The Hall–Kier alpha value is -2.81. The molecule has 1 atom stereocenters. The monoisotopic (exact) mass is 401 g/mol. The third kappa shape index (κ3) is 6.12. The van der Waals surface area contributed by atoms with Gasteiger partial charge in [0.15, 0.2) is 18.0 Å². The van der Waals surface area contributed by atoms with Crippen LogP contribution in [-0.4, -0.2) is 26.2 Å². The maximum absolute atomic E-state index is 13.7. The Morgan fingerprint density at radius 1 is 1.14 bits per heavy atom. The van der Waals surface area contributed by atoms with Crippen LogP contribution in [0.3, 0.4) is 0 Å². The van der Waals surface area contributed by atoms with Crippen LogP contribution < -0.4 is 20.1 Å². The summed E-state index contributed by atoms with van der Waals surface area (Å²) in [5.41, 5.74) is 0.929. The molecule has 0 aromatic heterocycles. The molecule has 0 aliphatic heterocycles. The second kappa shape index (κ2) is 9.93. The first kappa shape index (κ1) is 21.5. The van der Waals surface area contributed by atoms with Crippen molar-refractivity contribution < 1.29 is 37.1 Å². The molecule has 2 aromatic rings. The van der Waals surface area contributed by atoms with Crippen molar-refractivity contribution in [1.82, 2.24) is 5.32 Å². The van der Waals surface area contributed by atoms with Crippen molar-refractivity contribution in [2.45, 2.75) is 26.1 Å². The summed E-state index contributed by atoms with van der Waals surface area (Å²) in [6.45, 7) is -1.09. The average molecular weight is 401 g/mol. The van der Waals surface area contributed by atoms with Gasteiger partial charge in [0.25, 0.3) is 5.91 Å². The Bertz CT molecular complexity index is 818. The number of carbonyl (C=O) groups excluding carboxylic acids is 1. The van der Waals surface area contributed by atoms with Crippen molar-refractivity contribution in [3.8, 4) is 11.5 Å². The number of benzene rings is 2. The smallest absolute Gasteiger partial charge is 0.387 e. The average Bonchev–Trinajstić information content (AvgIpc) is 2.64. The van der Waals surface area contributed by atoms with E-state index in [0.717, 1.165) is 12.1 Å². The van der Waals surface area contributed by atoms with Crippen LogP contribution >= 0.6 is 0 Å². The fourth-order valence-electron chi connectivity index (χ4n) is 2.57. The van der Waals surface area contributed by atoms with Gasteiger partial charge in [-0.2, -0.15) is 8.78 Å². The highest BCUT2D eigenvalue weighted by molar-refractivity contribution is 5.76. The maximum atomic E-state index is 13.7. The second-order valence-corrected chi connectivity index (χ2v) is 6.03. The molecule has 1 amide bonds. The largest absolute Gasteiger partial charge is 0.493 e. The van der Waals surface area contributed by atoms with Gasteiger partial charge >= 0.3 is 6.61 Å². The molecular weight excluding hydrogens is 380 g/mol. The molecule has 0 fully saturated rings. The van der Waals surface area contributed by atoms with Crippen LogP contribution in [0.1, 0.15) is 24.1 Å². The van der Waals surface area contributed by atoms with Gasteiger partial charge in [-0.05, 0) is 36.8 Å². The topological polar surface area (TPSA) is 64.2 Å². The molecule has 152 valence electrons. The molecule has 5 nitrogen and oxygen atoms in total. The van der Waals surface area contributed by atoms with E-state index in [9.17, 15) is 22.4 Å². The number of nitrogens with one attached hydrogen (secondary N) is 1. The van der Waals surface area contributed by atoms with Crippen LogP contribution in [0.25, 0.3) is 0 Å². The number of hydrogen-bond donors (Lipinski definition) is 2. The predicted octanol–water partition coefficient (Wildman–Crippen LogP) is 2.52. The molecule has 0 saturated heterocycles. The van der Waals surface area contributed by atoms with Crippen LogP contribution in [0.2, 0.25) is 0 Å². The SMILES string of the molecule is COc1cc(CNC(=O)C[NH2+][C@@H](C)c2ccc(F)cc2F)ccc1OC(F)F. The second-order valence-electron chi connectivity index (χ2n) is 6.03. The standard InChI is InChI=1S/C19H20F4N2O3/c1-11(14-5-4-13(20)8-15(14)21)24-10-18(26)25-9-12-3-6-16(28-19(22)23)17(7-12)27-2/h3-8,11,19,24H,9-10H2,1-2H3,(H,25,26)/p+1/t11-/m0/s1. The lowest BCUT2D eigenvalue weighted by Gasteiger charge is -2.13. The van der Waals surface area contributed by atoms with Crippen molar-refractivity contribution >= 4 is 5.91 Å². The van der Waals surface area contributed by atoms with Crippen molar-refractivity contribution in [1.29, 1.82) is 0 Å². The van der Waals surface area contributed by atoms with E-state index in [1.54, 1.807) is 12.2 Å². The van der Waals surface area contributed by atoms with Crippen molar-refractivity contribution in [3.63, 3.8) is 0 Å². The lowest BCUT2D eigenvalue weighted by atomic mass is 10.1. The summed E-state index contributed by atoms with van der Waals surface area (Å²) in [5.74, 6) is -1.61. The predicted molar refractivity (Wildman–Crippen MR) is 93.0 cm³/mol. The van der Waals surface area contributed by atoms with Gasteiger partial charge in [0.2, 0.25) is 0 Å². The van der Waals surface area contributed by atoms with Gasteiger partial charge in [0.1, 0.15) is 17.7 Å². The van der Waals surface area contributed by atoms with Gasteiger partial charge in [-0.25, -0.2) is 8.78 Å². The number of amides is 1. The Labute approximate surface area is 159 Å². The van der Waals surface area contributed by atoms with Crippen LogP contribution in [0.5, 0.6) is 11.5 Å². The number of rotatable bonds is 9. The number of halogens is 4. The number of hydrogen-bond acceptors (Lipinski definition) is 3. The number of ether oxygens (including phenoxy) is 2. The van der Waals surface area contributed by atoms with Crippen molar-refractivity contribution in [3.05, 3.63) is 59.2 Å². The molecular formula is C19H21F4N2O3+. The highest BCUT2D eigenvalue weighted by atomic mass is 19.3. The van der Waals surface area contributed by atoms with Crippen LogP contribution in [0, 0.1) is 11.6 Å². The summed E-state index contributed by atoms with van der Waals surface area (Å²) >= 11 is 0. The summed E-state index contributed by atoms with van der Waals surface area (Å²) in [5, 5.41) is 4.29. The minimum Gasteiger partial charge on any atom is -0.493 e. The zero-order valence-corrected chi connectivity index (χ0v) is 15.3. The van der Waals surface area contributed by atoms with E-state index in [0.29, 0.717) is 11.1 Å². The molecule has 9 heteroatoms. The Balaban J connectivity index is 1.86. The number of nitrogens with two attached hydrogens (primary N) is 1. The van der Waals surface area contributed by atoms with Crippen molar-refractivity contribution in [2.75, 3.05) is 13.7 Å². The van der Waals surface area contributed by atoms with Gasteiger partial charge in [0.05, 0.1) is 7.11 Å². The van der Waals surface area contributed by atoms with Gasteiger partial charge < -0.3 is 20.1 Å². The van der Waals surface area contributed by atoms with E-state index in [1.807, 2.05) is 0 Å². The first-order valence-corrected chi connectivity index (χ1v) is 8.47. The lowest BCUT2D eigenvalue weighted by Crippen LogP contribution is -2.87. The molecule has 0 heterocycles. The summed E-state index contributed by atoms with van der Waals surface area (Å²) in [4.78, 5) is 12.0. The normalized spacial score (nSPS) is 12.0.